The average Bonchev–Trinajstić information content (AvgIpc) is 2.14. The van der Waals surface area contributed by atoms with Gasteiger partial charge in [0.1, 0.15) is 0 Å². The summed E-state index contributed by atoms with van der Waals surface area (Å²) in [5.74, 6) is 0.685. The molecule has 0 aliphatic heterocycles. The number of rotatable bonds is 4. The quantitative estimate of drug-likeness (QED) is 0.865. The van der Waals surface area contributed by atoms with Crippen molar-refractivity contribution in [2.24, 2.45) is 11.7 Å². The fourth-order valence-corrected chi connectivity index (χ4v) is 2.28. The first-order valence-corrected chi connectivity index (χ1v) is 6.38. The minimum Gasteiger partial charge on any atom is -0.324 e. The molecule has 0 aromatic heterocycles. The van der Waals surface area contributed by atoms with Gasteiger partial charge in [-0.05, 0) is 36.5 Å². The summed E-state index contributed by atoms with van der Waals surface area (Å²) in [5.41, 5.74) is 7.14. The van der Waals surface area contributed by atoms with E-state index < -0.39 is 0 Å². The molecule has 0 amide bonds. The lowest BCUT2D eigenvalue weighted by atomic mass is 9.98. The predicted molar refractivity (Wildman–Crippen MR) is 70.2 cm³/mol. The molecule has 0 radical (unpaired) electrons. The molecule has 0 saturated carbocycles. The lowest BCUT2D eigenvalue weighted by molar-refractivity contribution is 0.507. The summed E-state index contributed by atoms with van der Waals surface area (Å²) in [6.07, 6.45) is 2.12. The fraction of sp³-hybridized carbons (Fsp3) is 0.500. The van der Waals surface area contributed by atoms with Crippen LogP contribution in [0.1, 0.15) is 38.3 Å². The molecule has 0 spiro atoms. The standard InChI is InChI=1S/C12H17BrClN/c1-8(2)3-6-12(15)10-5-4-9(13)7-11(10)14/h4-5,7-8,12H,3,6,15H2,1-2H3. The Morgan fingerprint density at radius 3 is 2.53 bits per heavy atom. The van der Waals surface area contributed by atoms with E-state index in [1.165, 1.54) is 0 Å². The van der Waals surface area contributed by atoms with Gasteiger partial charge in [0.05, 0.1) is 0 Å². The van der Waals surface area contributed by atoms with Crippen molar-refractivity contribution in [1.29, 1.82) is 0 Å². The van der Waals surface area contributed by atoms with Gasteiger partial charge in [0, 0.05) is 15.5 Å². The highest BCUT2D eigenvalue weighted by Gasteiger charge is 2.10. The van der Waals surface area contributed by atoms with E-state index in [4.69, 9.17) is 17.3 Å². The molecule has 0 aliphatic carbocycles. The van der Waals surface area contributed by atoms with Crippen LogP contribution in [-0.4, -0.2) is 0 Å². The highest BCUT2D eigenvalue weighted by atomic mass is 79.9. The van der Waals surface area contributed by atoms with E-state index in [0.717, 1.165) is 27.9 Å². The molecule has 0 saturated heterocycles. The van der Waals surface area contributed by atoms with E-state index in [9.17, 15) is 0 Å². The third kappa shape index (κ3) is 4.13. The van der Waals surface area contributed by atoms with Gasteiger partial charge < -0.3 is 5.73 Å². The van der Waals surface area contributed by atoms with E-state index in [1.807, 2.05) is 18.2 Å². The summed E-state index contributed by atoms with van der Waals surface area (Å²) in [4.78, 5) is 0. The Morgan fingerprint density at radius 2 is 2.00 bits per heavy atom. The Bertz CT molecular complexity index is 325. The average molecular weight is 291 g/mol. The molecule has 1 aromatic carbocycles. The Balaban J connectivity index is 2.69. The van der Waals surface area contributed by atoms with Gasteiger partial charge in [-0.25, -0.2) is 0 Å². The molecule has 15 heavy (non-hydrogen) atoms. The van der Waals surface area contributed by atoms with Crippen molar-refractivity contribution in [2.75, 3.05) is 0 Å². The first-order chi connectivity index (χ1) is 7.00. The van der Waals surface area contributed by atoms with E-state index >= 15 is 0 Å². The van der Waals surface area contributed by atoms with Crippen molar-refractivity contribution in [3.05, 3.63) is 33.3 Å². The summed E-state index contributed by atoms with van der Waals surface area (Å²) >= 11 is 9.51. The third-order valence-electron chi connectivity index (χ3n) is 2.42. The first kappa shape index (κ1) is 13.0. The molecule has 0 fully saturated rings. The number of hydrogen-bond donors (Lipinski definition) is 1. The van der Waals surface area contributed by atoms with E-state index in [1.54, 1.807) is 0 Å². The maximum atomic E-state index is 6.13. The number of benzene rings is 1. The second kappa shape index (κ2) is 5.88. The van der Waals surface area contributed by atoms with E-state index in [2.05, 4.69) is 29.8 Å². The summed E-state index contributed by atoms with van der Waals surface area (Å²) in [6.45, 7) is 4.41. The van der Waals surface area contributed by atoms with Gasteiger partial charge in [-0.2, -0.15) is 0 Å². The van der Waals surface area contributed by atoms with Gasteiger partial charge in [0.15, 0.2) is 0 Å². The smallest absolute Gasteiger partial charge is 0.0464 e. The van der Waals surface area contributed by atoms with E-state index in [-0.39, 0.29) is 6.04 Å². The molecular formula is C12H17BrClN. The molecule has 3 heteroatoms. The SMILES string of the molecule is CC(C)CCC(N)c1ccc(Br)cc1Cl. The Labute approximate surface area is 105 Å². The van der Waals surface area contributed by atoms with Crippen LogP contribution in [0.4, 0.5) is 0 Å². The summed E-state index contributed by atoms with van der Waals surface area (Å²) in [7, 11) is 0. The van der Waals surface area contributed by atoms with Crippen molar-refractivity contribution >= 4 is 27.5 Å². The second-order valence-corrected chi connectivity index (χ2v) is 5.57. The normalized spacial score (nSPS) is 13.2. The molecule has 0 bridgehead atoms. The van der Waals surface area contributed by atoms with Crippen molar-refractivity contribution in [3.8, 4) is 0 Å². The van der Waals surface area contributed by atoms with Gasteiger partial charge in [-0.1, -0.05) is 47.4 Å². The van der Waals surface area contributed by atoms with Gasteiger partial charge in [-0.15, -0.1) is 0 Å². The molecular weight excluding hydrogens is 273 g/mol. The van der Waals surface area contributed by atoms with E-state index in [0.29, 0.717) is 5.92 Å². The van der Waals surface area contributed by atoms with Gasteiger partial charge in [0.2, 0.25) is 0 Å². The van der Waals surface area contributed by atoms with Crippen molar-refractivity contribution in [1.82, 2.24) is 0 Å². The van der Waals surface area contributed by atoms with Gasteiger partial charge in [0.25, 0.3) is 0 Å². The number of nitrogens with two attached hydrogens (primary N) is 1. The van der Waals surface area contributed by atoms with Crippen LogP contribution < -0.4 is 5.73 Å². The highest BCUT2D eigenvalue weighted by Crippen LogP contribution is 2.28. The van der Waals surface area contributed by atoms with Crippen molar-refractivity contribution < 1.29 is 0 Å². The Kier molecular flexibility index (Phi) is 5.10. The van der Waals surface area contributed by atoms with Gasteiger partial charge in [-0.3, -0.25) is 0 Å². The minimum atomic E-state index is 0.0491. The fourth-order valence-electron chi connectivity index (χ4n) is 1.47. The predicted octanol–water partition coefficient (Wildman–Crippen LogP) is 4.54. The molecule has 2 N–H and O–H groups in total. The topological polar surface area (TPSA) is 26.0 Å². The maximum Gasteiger partial charge on any atom is 0.0464 e. The molecule has 1 aromatic rings. The summed E-state index contributed by atoms with van der Waals surface area (Å²) in [6, 6.07) is 5.92. The first-order valence-electron chi connectivity index (χ1n) is 5.21. The monoisotopic (exact) mass is 289 g/mol. The maximum absolute atomic E-state index is 6.13. The lowest BCUT2D eigenvalue weighted by Gasteiger charge is -2.15. The van der Waals surface area contributed by atoms with Crippen molar-refractivity contribution in [3.63, 3.8) is 0 Å². The third-order valence-corrected chi connectivity index (χ3v) is 3.24. The van der Waals surface area contributed by atoms with Crippen LogP contribution in [0.2, 0.25) is 5.02 Å². The summed E-state index contributed by atoms with van der Waals surface area (Å²) in [5, 5.41) is 0.751. The largest absolute Gasteiger partial charge is 0.324 e. The molecule has 1 unspecified atom stereocenters. The molecule has 0 heterocycles. The number of hydrogen-bond acceptors (Lipinski definition) is 1. The zero-order valence-corrected chi connectivity index (χ0v) is 11.5. The molecule has 1 atom stereocenters. The minimum absolute atomic E-state index is 0.0491. The van der Waals surface area contributed by atoms with Crippen LogP contribution in [-0.2, 0) is 0 Å². The Hall–Kier alpha value is -0.0500. The molecule has 0 aliphatic rings. The molecule has 1 nitrogen and oxygen atoms in total. The van der Waals surface area contributed by atoms with Crippen LogP contribution >= 0.6 is 27.5 Å². The van der Waals surface area contributed by atoms with Crippen LogP contribution in [0.25, 0.3) is 0 Å². The zero-order valence-electron chi connectivity index (χ0n) is 9.13. The summed E-state index contributed by atoms with van der Waals surface area (Å²) < 4.78 is 0.993. The lowest BCUT2D eigenvalue weighted by Crippen LogP contribution is -2.11. The van der Waals surface area contributed by atoms with Crippen LogP contribution in [0.3, 0.4) is 0 Å². The zero-order chi connectivity index (χ0) is 11.4. The van der Waals surface area contributed by atoms with Crippen LogP contribution in [0, 0.1) is 5.92 Å². The Morgan fingerprint density at radius 1 is 1.33 bits per heavy atom. The molecule has 1 rings (SSSR count). The van der Waals surface area contributed by atoms with Crippen molar-refractivity contribution in [2.45, 2.75) is 32.7 Å². The van der Waals surface area contributed by atoms with Crippen LogP contribution in [0.15, 0.2) is 22.7 Å². The second-order valence-electron chi connectivity index (χ2n) is 4.24. The van der Waals surface area contributed by atoms with Gasteiger partial charge >= 0.3 is 0 Å². The number of halogens is 2. The van der Waals surface area contributed by atoms with Crippen LogP contribution in [0.5, 0.6) is 0 Å². The molecule has 84 valence electrons. The highest BCUT2D eigenvalue weighted by molar-refractivity contribution is 9.10.